The maximum atomic E-state index is 12.5. The molecule has 72 heavy (non-hydrogen) atoms. The van der Waals surface area contributed by atoms with Crippen LogP contribution in [0.5, 0.6) is 0 Å². The lowest BCUT2D eigenvalue weighted by atomic mass is 10.0. The van der Waals surface area contributed by atoms with Gasteiger partial charge in [0.2, 0.25) is 5.91 Å². The van der Waals surface area contributed by atoms with Gasteiger partial charge in [-0.25, -0.2) is 0 Å². The number of amides is 1. The average molecular weight is 1010 g/mol. The summed E-state index contributed by atoms with van der Waals surface area (Å²) in [5, 5.41) is 23.2. The molecular formula is C66H125NO5. The molecule has 2 unspecified atom stereocenters. The van der Waals surface area contributed by atoms with Crippen LogP contribution < -0.4 is 5.32 Å². The van der Waals surface area contributed by atoms with Crippen LogP contribution in [0.4, 0.5) is 0 Å². The first-order chi connectivity index (χ1) is 35.5. The molecule has 0 fully saturated rings. The van der Waals surface area contributed by atoms with Crippen molar-refractivity contribution in [3.63, 3.8) is 0 Å². The second-order valence-electron chi connectivity index (χ2n) is 22.1. The largest absolute Gasteiger partial charge is 0.466 e. The quantitative estimate of drug-likeness (QED) is 0.0320. The standard InChI is InChI=1S/C66H125NO5/c1-3-5-7-9-11-13-15-17-19-31-34-38-42-46-50-54-58-64(69)63(62-68)67-65(70)59-55-51-47-43-39-35-32-28-26-24-22-20-21-23-25-27-29-33-37-41-45-49-53-57-61-72-66(71)60-56-52-48-44-40-36-30-18-16-14-12-10-8-6-4-2/h12,14,18,30,54,58,63-64,68-69H,3-11,13,15-17,19-29,31-53,55-57,59-62H2,1-2H3,(H,67,70)/b14-12-,30-18-,58-54+. The van der Waals surface area contributed by atoms with Crippen LogP contribution in [0.1, 0.15) is 348 Å². The summed E-state index contributed by atoms with van der Waals surface area (Å²) >= 11 is 0. The van der Waals surface area contributed by atoms with E-state index in [2.05, 4.69) is 43.5 Å². The van der Waals surface area contributed by atoms with Gasteiger partial charge in [-0.1, -0.05) is 307 Å². The predicted octanol–water partition coefficient (Wildman–Crippen LogP) is 20.4. The first kappa shape index (κ1) is 70.1. The molecule has 0 aromatic heterocycles. The van der Waals surface area contributed by atoms with Crippen LogP contribution in [0.15, 0.2) is 36.5 Å². The number of hydrogen-bond acceptors (Lipinski definition) is 5. The van der Waals surface area contributed by atoms with Crippen molar-refractivity contribution in [2.45, 2.75) is 360 Å². The molecule has 0 aliphatic rings. The van der Waals surface area contributed by atoms with E-state index < -0.39 is 12.1 Å². The third-order valence-corrected chi connectivity index (χ3v) is 14.9. The Morgan fingerprint density at radius 2 is 0.694 bits per heavy atom. The van der Waals surface area contributed by atoms with E-state index in [9.17, 15) is 19.8 Å². The van der Waals surface area contributed by atoms with Crippen molar-refractivity contribution in [1.82, 2.24) is 5.32 Å². The molecule has 0 saturated carbocycles. The maximum Gasteiger partial charge on any atom is 0.305 e. The van der Waals surface area contributed by atoms with Crippen molar-refractivity contribution >= 4 is 11.9 Å². The van der Waals surface area contributed by atoms with Gasteiger partial charge in [-0.15, -0.1) is 0 Å². The van der Waals surface area contributed by atoms with E-state index in [0.717, 1.165) is 51.4 Å². The van der Waals surface area contributed by atoms with Gasteiger partial charge in [-0.05, 0) is 64.2 Å². The molecule has 0 bridgehead atoms. The Morgan fingerprint density at radius 1 is 0.389 bits per heavy atom. The Morgan fingerprint density at radius 3 is 1.08 bits per heavy atom. The summed E-state index contributed by atoms with van der Waals surface area (Å²) in [6.45, 7) is 4.89. The number of unbranched alkanes of at least 4 members (excludes halogenated alkanes) is 45. The summed E-state index contributed by atoms with van der Waals surface area (Å²) in [7, 11) is 0. The minimum absolute atomic E-state index is 0.00107. The zero-order valence-electron chi connectivity index (χ0n) is 48.4. The minimum Gasteiger partial charge on any atom is -0.466 e. The Balaban J connectivity index is 3.39. The van der Waals surface area contributed by atoms with E-state index in [0.29, 0.717) is 19.4 Å². The molecule has 6 heteroatoms. The third kappa shape index (κ3) is 57.4. The van der Waals surface area contributed by atoms with Gasteiger partial charge >= 0.3 is 5.97 Å². The smallest absolute Gasteiger partial charge is 0.305 e. The third-order valence-electron chi connectivity index (χ3n) is 14.9. The van der Waals surface area contributed by atoms with Gasteiger partial charge in [-0.2, -0.15) is 0 Å². The van der Waals surface area contributed by atoms with Crippen molar-refractivity contribution < 1.29 is 24.5 Å². The Kier molecular flexibility index (Phi) is 60.0. The van der Waals surface area contributed by atoms with E-state index in [4.69, 9.17) is 4.74 Å². The van der Waals surface area contributed by atoms with E-state index in [1.165, 1.54) is 270 Å². The highest BCUT2D eigenvalue weighted by Crippen LogP contribution is 2.18. The molecule has 2 atom stereocenters. The van der Waals surface area contributed by atoms with Crippen molar-refractivity contribution in [2.24, 2.45) is 0 Å². The number of ether oxygens (including phenoxy) is 1. The van der Waals surface area contributed by atoms with Crippen molar-refractivity contribution in [1.29, 1.82) is 0 Å². The molecular weight excluding hydrogens is 887 g/mol. The molecule has 424 valence electrons. The Hall–Kier alpha value is -1.92. The van der Waals surface area contributed by atoms with Crippen LogP contribution in [-0.4, -0.2) is 47.4 Å². The highest BCUT2D eigenvalue weighted by molar-refractivity contribution is 5.76. The van der Waals surface area contributed by atoms with Crippen molar-refractivity contribution in [3.05, 3.63) is 36.5 Å². The molecule has 1 amide bonds. The number of hydrogen-bond donors (Lipinski definition) is 3. The van der Waals surface area contributed by atoms with E-state index in [-0.39, 0.29) is 18.5 Å². The molecule has 0 aliphatic heterocycles. The fraction of sp³-hybridized carbons (Fsp3) is 0.879. The highest BCUT2D eigenvalue weighted by atomic mass is 16.5. The van der Waals surface area contributed by atoms with Gasteiger partial charge in [0.05, 0.1) is 25.4 Å². The van der Waals surface area contributed by atoms with Crippen LogP contribution in [0.2, 0.25) is 0 Å². The maximum absolute atomic E-state index is 12.5. The van der Waals surface area contributed by atoms with Crippen LogP contribution in [0, 0.1) is 0 Å². The Bertz CT molecular complexity index is 1170. The predicted molar refractivity (Wildman–Crippen MR) is 315 cm³/mol. The monoisotopic (exact) mass is 1010 g/mol. The molecule has 3 N–H and O–H groups in total. The van der Waals surface area contributed by atoms with Gasteiger partial charge in [0.25, 0.3) is 0 Å². The van der Waals surface area contributed by atoms with Gasteiger partial charge in [0.15, 0.2) is 0 Å². The van der Waals surface area contributed by atoms with Crippen molar-refractivity contribution in [2.75, 3.05) is 13.2 Å². The summed E-state index contributed by atoms with van der Waals surface area (Å²) in [5.74, 6) is -0.0641. The summed E-state index contributed by atoms with van der Waals surface area (Å²) < 4.78 is 5.48. The van der Waals surface area contributed by atoms with Gasteiger partial charge < -0.3 is 20.3 Å². The lowest BCUT2D eigenvalue weighted by Gasteiger charge is -2.20. The number of carbonyl (C=O) groups excluding carboxylic acids is 2. The molecule has 0 radical (unpaired) electrons. The van der Waals surface area contributed by atoms with Gasteiger partial charge in [-0.3, -0.25) is 9.59 Å². The molecule has 0 aliphatic carbocycles. The first-order valence-electron chi connectivity index (χ1n) is 32.3. The number of esters is 1. The SMILES string of the molecule is CCCCC/C=C\C/C=C\CCCCCCCC(=O)OCCCCCCCCCCCCCCCCCCCCCCCCCCC(=O)NC(CO)C(O)/C=C/CCCCCCCCCCCCCCCC. The number of aliphatic hydroxyl groups is 2. The number of carbonyl (C=O) groups is 2. The van der Waals surface area contributed by atoms with E-state index in [1.54, 1.807) is 6.08 Å². The van der Waals surface area contributed by atoms with Gasteiger partial charge in [0, 0.05) is 12.8 Å². The Labute approximate surface area is 449 Å². The average Bonchev–Trinajstić information content (AvgIpc) is 3.38. The van der Waals surface area contributed by atoms with E-state index >= 15 is 0 Å². The highest BCUT2D eigenvalue weighted by Gasteiger charge is 2.18. The lowest BCUT2D eigenvalue weighted by molar-refractivity contribution is -0.143. The molecule has 0 spiro atoms. The summed E-state index contributed by atoms with van der Waals surface area (Å²) in [6, 6.07) is -0.627. The fourth-order valence-electron chi connectivity index (χ4n) is 9.96. The fourth-order valence-corrected chi connectivity index (χ4v) is 9.96. The zero-order chi connectivity index (χ0) is 52.2. The normalized spacial score (nSPS) is 12.8. The minimum atomic E-state index is -0.844. The molecule has 0 heterocycles. The number of allylic oxidation sites excluding steroid dienone is 5. The molecule has 0 saturated heterocycles. The topological polar surface area (TPSA) is 95.9 Å². The van der Waals surface area contributed by atoms with E-state index in [1.807, 2.05) is 6.08 Å². The number of aliphatic hydroxyl groups excluding tert-OH is 2. The summed E-state index contributed by atoms with van der Waals surface area (Å²) in [6.07, 6.45) is 77.6. The summed E-state index contributed by atoms with van der Waals surface area (Å²) in [5.41, 5.74) is 0. The van der Waals surface area contributed by atoms with Crippen LogP contribution in [0.25, 0.3) is 0 Å². The molecule has 6 nitrogen and oxygen atoms in total. The van der Waals surface area contributed by atoms with Crippen LogP contribution in [0.3, 0.4) is 0 Å². The number of rotatable bonds is 60. The van der Waals surface area contributed by atoms with Crippen LogP contribution >= 0.6 is 0 Å². The lowest BCUT2D eigenvalue weighted by Crippen LogP contribution is -2.45. The van der Waals surface area contributed by atoms with Crippen LogP contribution in [-0.2, 0) is 14.3 Å². The van der Waals surface area contributed by atoms with Gasteiger partial charge in [0.1, 0.15) is 0 Å². The second kappa shape index (κ2) is 61.6. The molecule has 0 aromatic carbocycles. The molecule has 0 rings (SSSR count). The number of nitrogens with one attached hydrogen (secondary N) is 1. The summed E-state index contributed by atoms with van der Waals surface area (Å²) in [4.78, 5) is 24.5. The van der Waals surface area contributed by atoms with Crippen molar-refractivity contribution in [3.8, 4) is 0 Å². The second-order valence-corrected chi connectivity index (χ2v) is 22.1. The molecule has 0 aromatic rings. The zero-order valence-corrected chi connectivity index (χ0v) is 48.4. The first-order valence-corrected chi connectivity index (χ1v) is 32.3.